The highest BCUT2D eigenvalue weighted by atomic mass is 32.2. The van der Waals surface area contributed by atoms with Gasteiger partial charge in [-0.25, -0.2) is 12.7 Å². The van der Waals surface area contributed by atoms with Crippen molar-refractivity contribution in [3.05, 3.63) is 35.9 Å². The van der Waals surface area contributed by atoms with E-state index in [0.29, 0.717) is 32.0 Å². The lowest BCUT2D eigenvalue weighted by molar-refractivity contribution is -0.135. The number of carbonyl (C=O) groups excluding carboxylic acids is 1. The fraction of sp³-hybridized carbons (Fsp3) is 0.650. The third-order valence-electron chi connectivity index (χ3n) is 5.57. The van der Waals surface area contributed by atoms with Crippen molar-refractivity contribution in [2.75, 3.05) is 25.4 Å². The maximum atomic E-state index is 12.7. The summed E-state index contributed by atoms with van der Waals surface area (Å²) < 4.78 is 25.3. The van der Waals surface area contributed by atoms with Crippen molar-refractivity contribution in [3.8, 4) is 0 Å². The van der Waals surface area contributed by atoms with E-state index in [9.17, 15) is 13.2 Å². The third-order valence-corrected chi connectivity index (χ3v) is 7.53. The molecule has 2 saturated heterocycles. The van der Waals surface area contributed by atoms with Crippen molar-refractivity contribution in [2.24, 2.45) is 0 Å². The quantitative estimate of drug-likeness (QED) is 0.733. The summed E-state index contributed by atoms with van der Waals surface area (Å²) in [4.78, 5) is 14.7. The highest BCUT2D eigenvalue weighted by Gasteiger charge is 2.30. The molecule has 0 saturated carbocycles. The lowest BCUT2D eigenvalue weighted by Crippen LogP contribution is -2.44. The minimum absolute atomic E-state index is 0.122. The van der Waals surface area contributed by atoms with Crippen molar-refractivity contribution < 1.29 is 13.2 Å². The second-order valence-corrected chi connectivity index (χ2v) is 9.52. The van der Waals surface area contributed by atoms with E-state index in [1.807, 2.05) is 11.0 Å². The number of benzene rings is 1. The van der Waals surface area contributed by atoms with Gasteiger partial charge in [0.05, 0.1) is 5.75 Å². The summed E-state index contributed by atoms with van der Waals surface area (Å²) in [7, 11) is -3.11. The molecule has 1 aromatic carbocycles. The van der Waals surface area contributed by atoms with Gasteiger partial charge in [-0.1, -0.05) is 30.3 Å². The van der Waals surface area contributed by atoms with Gasteiger partial charge in [-0.15, -0.1) is 0 Å². The Hall–Kier alpha value is -1.40. The van der Waals surface area contributed by atoms with Gasteiger partial charge >= 0.3 is 0 Å². The summed E-state index contributed by atoms with van der Waals surface area (Å²) in [6, 6.07) is 10.8. The molecule has 0 N–H and O–H groups in total. The Morgan fingerprint density at radius 3 is 2.62 bits per heavy atom. The van der Waals surface area contributed by atoms with Crippen LogP contribution in [0.15, 0.2) is 30.3 Å². The molecule has 2 heterocycles. The van der Waals surface area contributed by atoms with E-state index in [1.165, 1.54) is 16.3 Å². The van der Waals surface area contributed by atoms with Crippen molar-refractivity contribution in [3.63, 3.8) is 0 Å². The van der Waals surface area contributed by atoms with Gasteiger partial charge in [0.25, 0.3) is 0 Å². The summed E-state index contributed by atoms with van der Waals surface area (Å²) in [5, 5.41) is 0. The lowest BCUT2D eigenvalue weighted by Gasteiger charge is -2.36. The molecule has 0 aromatic heterocycles. The van der Waals surface area contributed by atoms with Crippen molar-refractivity contribution >= 4 is 15.9 Å². The highest BCUT2D eigenvalue weighted by molar-refractivity contribution is 7.89. The van der Waals surface area contributed by atoms with Gasteiger partial charge in [0, 0.05) is 32.1 Å². The molecule has 144 valence electrons. The number of carbonyl (C=O) groups is 1. The molecule has 0 spiro atoms. The summed E-state index contributed by atoms with van der Waals surface area (Å²) >= 11 is 0. The fourth-order valence-electron chi connectivity index (χ4n) is 4.12. The van der Waals surface area contributed by atoms with Gasteiger partial charge in [-0.3, -0.25) is 4.79 Å². The molecule has 0 aliphatic carbocycles. The zero-order chi connectivity index (χ0) is 18.4. The highest BCUT2D eigenvalue weighted by Crippen LogP contribution is 2.23. The van der Waals surface area contributed by atoms with Crippen LogP contribution in [0, 0.1) is 0 Å². The van der Waals surface area contributed by atoms with E-state index in [-0.39, 0.29) is 11.7 Å². The molecular formula is C20H30N2O3S. The van der Waals surface area contributed by atoms with Crippen LogP contribution in [0.3, 0.4) is 0 Å². The molecule has 0 bridgehead atoms. The predicted octanol–water partition coefficient (Wildman–Crippen LogP) is 2.82. The van der Waals surface area contributed by atoms with E-state index < -0.39 is 10.0 Å². The average molecular weight is 379 g/mol. The zero-order valence-corrected chi connectivity index (χ0v) is 16.3. The molecular weight excluding hydrogens is 348 g/mol. The number of sulfonamides is 1. The minimum atomic E-state index is -3.11. The average Bonchev–Trinajstić information content (AvgIpc) is 2.99. The number of nitrogens with zero attached hydrogens (tertiary/aromatic N) is 2. The van der Waals surface area contributed by atoms with Gasteiger partial charge in [0.15, 0.2) is 0 Å². The van der Waals surface area contributed by atoms with Crippen LogP contribution < -0.4 is 0 Å². The predicted molar refractivity (Wildman–Crippen MR) is 103 cm³/mol. The van der Waals surface area contributed by atoms with Crippen LogP contribution in [0.4, 0.5) is 0 Å². The lowest BCUT2D eigenvalue weighted by atomic mass is 9.95. The van der Waals surface area contributed by atoms with Crippen LogP contribution in [0.25, 0.3) is 0 Å². The van der Waals surface area contributed by atoms with Gasteiger partial charge in [0.1, 0.15) is 0 Å². The Bertz CT molecular complexity index is 690. The van der Waals surface area contributed by atoms with Crippen molar-refractivity contribution in [1.29, 1.82) is 0 Å². The van der Waals surface area contributed by atoms with E-state index in [4.69, 9.17) is 0 Å². The largest absolute Gasteiger partial charge is 0.340 e. The number of aryl methyl sites for hydroxylation is 1. The summed E-state index contributed by atoms with van der Waals surface area (Å²) in [6.07, 6.45) is 7.47. The molecule has 6 heteroatoms. The van der Waals surface area contributed by atoms with E-state index >= 15 is 0 Å². The Kier molecular flexibility index (Phi) is 6.70. The van der Waals surface area contributed by atoms with Gasteiger partial charge < -0.3 is 4.90 Å². The molecule has 1 aromatic rings. The molecule has 2 fully saturated rings. The molecule has 2 aliphatic rings. The van der Waals surface area contributed by atoms with Crippen LogP contribution in [-0.2, 0) is 21.2 Å². The van der Waals surface area contributed by atoms with Crippen molar-refractivity contribution in [1.82, 2.24) is 9.21 Å². The fourth-order valence-corrected chi connectivity index (χ4v) is 5.65. The number of hydrogen-bond acceptors (Lipinski definition) is 3. The zero-order valence-electron chi connectivity index (χ0n) is 15.5. The van der Waals surface area contributed by atoms with Crippen LogP contribution >= 0.6 is 0 Å². The molecule has 1 amide bonds. The molecule has 26 heavy (non-hydrogen) atoms. The van der Waals surface area contributed by atoms with E-state index in [2.05, 4.69) is 24.3 Å². The molecule has 1 unspecified atom stereocenters. The number of amides is 1. The Labute approximate surface area is 157 Å². The minimum Gasteiger partial charge on any atom is -0.340 e. The Morgan fingerprint density at radius 2 is 1.88 bits per heavy atom. The first kappa shape index (κ1) is 19.4. The topological polar surface area (TPSA) is 57.7 Å². The first-order valence-corrected chi connectivity index (χ1v) is 11.5. The van der Waals surface area contributed by atoms with Crippen LogP contribution in [0.2, 0.25) is 0 Å². The second kappa shape index (κ2) is 9.00. The number of rotatable bonds is 7. The number of piperidine rings is 1. The molecule has 2 aliphatic heterocycles. The smallest absolute Gasteiger partial charge is 0.224 e. The second-order valence-electron chi connectivity index (χ2n) is 7.43. The molecule has 5 nitrogen and oxygen atoms in total. The Balaban J connectivity index is 1.48. The standard InChI is InChI=1S/C20H30N2O3S/c23-20(13-16-21-14-7-17-26(21,24)25)22-15-5-4-11-19(22)12-6-10-18-8-2-1-3-9-18/h1-3,8-9,19H,4-7,10-17H2. The normalized spacial score (nSPS) is 23.2. The number of likely N-dealkylation sites (tertiary alicyclic amines) is 1. The van der Waals surface area contributed by atoms with Crippen LogP contribution in [0.5, 0.6) is 0 Å². The number of hydrogen-bond donors (Lipinski definition) is 0. The summed E-state index contributed by atoms with van der Waals surface area (Å²) in [6.45, 7) is 1.73. The summed E-state index contributed by atoms with van der Waals surface area (Å²) in [5.41, 5.74) is 1.35. The first-order chi connectivity index (χ1) is 12.6. The third kappa shape index (κ3) is 5.07. The SMILES string of the molecule is O=C(CCN1CCCS1(=O)=O)N1CCCCC1CCCc1ccccc1. The molecule has 3 rings (SSSR count). The van der Waals surface area contributed by atoms with Crippen LogP contribution in [-0.4, -0.2) is 55.0 Å². The molecule has 1 atom stereocenters. The summed E-state index contributed by atoms with van der Waals surface area (Å²) in [5.74, 6) is 0.351. The Morgan fingerprint density at radius 1 is 1.08 bits per heavy atom. The first-order valence-electron chi connectivity index (χ1n) is 9.87. The van der Waals surface area contributed by atoms with Gasteiger partial charge in [-0.05, 0) is 50.5 Å². The maximum Gasteiger partial charge on any atom is 0.224 e. The monoisotopic (exact) mass is 378 g/mol. The van der Waals surface area contributed by atoms with E-state index in [0.717, 1.165) is 38.6 Å². The van der Waals surface area contributed by atoms with Gasteiger partial charge in [-0.2, -0.15) is 0 Å². The molecule has 0 radical (unpaired) electrons. The van der Waals surface area contributed by atoms with Crippen molar-refractivity contribution in [2.45, 2.75) is 57.4 Å². The van der Waals surface area contributed by atoms with Gasteiger partial charge in [0.2, 0.25) is 15.9 Å². The van der Waals surface area contributed by atoms with Crippen LogP contribution in [0.1, 0.15) is 50.5 Å². The maximum absolute atomic E-state index is 12.7. The van der Waals surface area contributed by atoms with E-state index in [1.54, 1.807) is 0 Å².